The number of hydrogen-bond acceptors (Lipinski definition) is 4. The van der Waals surface area contributed by atoms with E-state index in [-0.39, 0.29) is 5.75 Å². The van der Waals surface area contributed by atoms with Crippen molar-refractivity contribution in [3.63, 3.8) is 0 Å². The number of imidazole rings is 1. The van der Waals surface area contributed by atoms with Crippen molar-refractivity contribution in [1.29, 1.82) is 0 Å². The summed E-state index contributed by atoms with van der Waals surface area (Å²) < 4.78 is 27.7. The molecule has 2 heterocycles. The van der Waals surface area contributed by atoms with Gasteiger partial charge in [-0.2, -0.15) is 0 Å². The molecule has 1 amide bonds. The van der Waals surface area contributed by atoms with E-state index < -0.39 is 24.9 Å². The van der Waals surface area contributed by atoms with Crippen LogP contribution in [0.3, 0.4) is 0 Å². The van der Waals surface area contributed by atoms with E-state index in [0.717, 1.165) is 16.9 Å². The van der Waals surface area contributed by atoms with Crippen molar-refractivity contribution < 1.29 is 13.6 Å². The Morgan fingerprint density at radius 1 is 1.45 bits per heavy atom. The van der Waals surface area contributed by atoms with E-state index in [4.69, 9.17) is 5.73 Å². The van der Waals surface area contributed by atoms with Gasteiger partial charge >= 0.3 is 0 Å². The molecule has 22 heavy (non-hydrogen) atoms. The summed E-state index contributed by atoms with van der Waals surface area (Å²) in [5, 5.41) is 2.18. The summed E-state index contributed by atoms with van der Waals surface area (Å²) in [6.07, 6.45) is 3.87. The topological polar surface area (TPSA) is 72.4 Å². The first-order valence-corrected chi connectivity index (χ1v) is 7.92. The first-order chi connectivity index (χ1) is 10.4. The number of carbonyl (C=O) groups excluding carboxylic acids is 1. The Morgan fingerprint density at radius 2 is 2.23 bits per heavy atom. The number of aromatic nitrogens is 2. The zero-order valence-electron chi connectivity index (χ0n) is 12.2. The van der Waals surface area contributed by atoms with Crippen molar-refractivity contribution in [2.24, 2.45) is 5.73 Å². The summed E-state index contributed by atoms with van der Waals surface area (Å²) in [7, 11) is 0. The van der Waals surface area contributed by atoms with Gasteiger partial charge in [0.25, 0.3) is 5.92 Å². The van der Waals surface area contributed by atoms with Gasteiger partial charge in [0.05, 0.1) is 24.5 Å². The third-order valence-electron chi connectivity index (χ3n) is 2.97. The molecule has 2 aromatic rings. The maximum absolute atomic E-state index is 12.9. The molecule has 0 bridgehead atoms. The van der Waals surface area contributed by atoms with Crippen LogP contribution in [0.4, 0.5) is 8.78 Å². The second-order valence-corrected chi connectivity index (χ2v) is 6.02. The summed E-state index contributed by atoms with van der Waals surface area (Å²) in [4.78, 5) is 15.9. The summed E-state index contributed by atoms with van der Waals surface area (Å²) in [5.74, 6) is -2.84. The van der Waals surface area contributed by atoms with Crippen LogP contribution in [0.2, 0.25) is 0 Å². The van der Waals surface area contributed by atoms with Crippen LogP contribution in [0, 0.1) is 6.92 Å². The Bertz CT molecular complexity index is 659. The molecule has 8 heteroatoms. The molecule has 5 nitrogen and oxygen atoms in total. The summed E-state index contributed by atoms with van der Waals surface area (Å²) in [6, 6.07) is 3.90. The molecule has 120 valence electrons. The van der Waals surface area contributed by atoms with Crippen molar-refractivity contribution in [3.8, 4) is 0 Å². The van der Waals surface area contributed by atoms with Gasteiger partial charge in [0.2, 0.25) is 5.91 Å². The van der Waals surface area contributed by atoms with Crippen LogP contribution in [0.15, 0.2) is 24.5 Å². The monoisotopic (exact) mass is 328 g/mol. The van der Waals surface area contributed by atoms with Gasteiger partial charge in [0.15, 0.2) is 0 Å². The van der Waals surface area contributed by atoms with E-state index >= 15 is 0 Å². The third-order valence-corrected chi connectivity index (χ3v) is 3.94. The molecular formula is C14H18F2N4OS. The van der Waals surface area contributed by atoms with Crippen molar-refractivity contribution in [3.05, 3.63) is 35.8 Å². The number of halogens is 2. The maximum atomic E-state index is 12.9. The van der Waals surface area contributed by atoms with E-state index in [0.29, 0.717) is 5.75 Å². The van der Waals surface area contributed by atoms with Crippen LogP contribution in [0.25, 0.3) is 5.65 Å². The molecule has 3 N–H and O–H groups in total. The molecule has 2 aromatic heterocycles. The van der Waals surface area contributed by atoms with Gasteiger partial charge in [-0.15, -0.1) is 11.8 Å². The molecule has 0 aliphatic heterocycles. The van der Waals surface area contributed by atoms with E-state index in [9.17, 15) is 13.6 Å². The Morgan fingerprint density at radius 3 is 2.95 bits per heavy atom. The fourth-order valence-electron chi connectivity index (χ4n) is 1.82. The van der Waals surface area contributed by atoms with E-state index in [1.165, 1.54) is 11.8 Å². The molecule has 0 radical (unpaired) electrons. The second-order valence-electron chi connectivity index (χ2n) is 5.03. The minimum absolute atomic E-state index is 0.105. The number of rotatable bonds is 7. The van der Waals surface area contributed by atoms with Crippen LogP contribution in [0.1, 0.15) is 11.3 Å². The highest BCUT2D eigenvalue weighted by Crippen LogP contribution is 2.14. The van der Waals surface area contributed by atoms with E-state index in [1.54, 1.807) is 0 Å². The first-order valence-electron chi connectivity index (χ1n) is 6.76. The van der Waals surface area contributed by atoms with Crippen molar-refractivity contribution in [2.45, 2.75) is 18.6 Å². The average molecular weight is 328 g/mol. The molecular weight excluding hydrogens is 310 g/mol. The van der Waals surface area contributed by atoms with Crippen LogP contribution in [0.5, 0.6) is 0 Å². The number of alkyl halides is 2. The molecule has 0 atom stereocenters. The Labute approximate surface area is 131 Å². The quantitative estimate of drug-likeness (QED) is 0.809. The van der Waals surface area contributed by atoms with Crippen LogP contribution in [-0.2, 0) is 10.5 Å². The highest BCUT2D eigenvalue weighted by atomic mass is 32.2. The molecule has 0 saturated heterocycles. The number of nitrogens with one attached hydrogen (secondary N) is 1. The Hall–Kier alpha value is -1.67. The first kappa shape index (κ1) is 16.7. The number of hydrogen-bond donors (Lipinski definition) is 2. The number of nitrogens with zero attached hydrogens (tertiary/aromatic N) is 2. The van der Waals surface area contributed by atoms with Gasteiger partial charge in [0.1, 0.15) is 5.65 Å². The number of fused-ring (bicyclic) bond motifs is 1. The SMILES string of the molecule is Cc1ccc2nc(CSCC(=O)NCC(F)(F)CN)cn2c1. The van der Waals surface area contributed by atoms with Gasteiger partial charge in [-0.25, -0.2) is 13.8 Å². The van der Waals surface area contributed by atoms with Crippen LogP contribution < -0.4 is 11.1 Å². The number of amides is 1. The standard InChI is InChI=1S/C14H18F2N4OS/c1-10-2-3-12-19-11(5-20(12)4-10)6-22-7-13(21)18-9-14(15,16)8-17/h2-5H,6-9,17H2,1H3,(H,18,21). The molecule has 0 unspecified atom stereocenters. The summed E-state index contributed by atoms with van der Waals surface area (Å²) in [6.45, 7) is 0.493. The summed E-state index contributed by atoms with van der Waals surface area (Å²) >= 11 is 1.33. The van der Waals surface area contributed by atoms with Gasteiger partial charge in [-0.1, -0.05) is 6.07 Å². The Balaban J connectivity index is 1.79. The minimum Gasteiger partial charge on any atom is -0.349 e. The van der Waals surface area contributed by atoms with Gasteiger partial charge < -0.3 is 15.5 Å². The van der Waals surface area contributed by atoms with Crippen molar-refractivity contribution in [1.82, 2.24) is 14.7 Å². The second kappa shape index (κ2) is 7.06. The van der Waals surface area contributed by atoms with Crippen LogP contribution >= 0.6 is 11.8 Å². The summed E-state index contributed by atoms with van der Waals surface area (Å²) in [5.41, 5.74) is 7.71. The minimum atomic E-state index is -3.06. The van der Waals surface area contributed by atoms with Gasteiger partial charge in [0, 0.05) is 18.1 Å². The number of aryl methyl sites for hydroxylation is 1. The largest absolute Gasteiger partial charge is 0.349 e. The third kappa shape index (κ3) is 4.67. The lowest BCUT2D eigenvalue weighted by molar-refractivity contribution is -0.120. The lowest BCUT2D eigenvalue weighted by atomic mass is 10.3. The lowest BCUT2D eigenvalue weighted by Gasteiger charge is -2.14. The lowest BCUT2D eigenvalue weighted by Crippen LogP contribution is -2.42. The van der Waals surface area contributed by atoms with Crippen LogP contribution in [-0.4, -0.2) is 40.1 Å². The zero-order chi connectivity index (χ0) is 16.2. The van der Waals surface area contributed by atoms with Gasteiger partial charge in [-0.3, -0.25) is 4.79 Å². The molecule has 0 aliphatic carbocycles. The molecule has 2 rings (SSSR count). The maximum Gasteiger partial charge on any atom is 0.277 e. The molecule has 0 spiro atoms. The number of nitrogens with two attached hydrogens (primary N) is 1. The predicted octanol–water partition coefficient (Wildman–Crippen LogP) is 1.59. The fraction of sp³-hybridized carbons (Fsp3) is 0.429. The number of thioether (sulfide) groups is 1. The van der Waals surface area contributed by atoms with E-state index in [2.05, 4.69) is 10.3 Å². The van der Waals surface area contributed by atoms with Crippen molar-refractivity contribution in [2.75, 3.05) is 18.8 Å². The van der Waals surface area contributed by atoms with Gasteiger partial charge in [-0.05, 0) is 18.6 Å². The molecule has 0 fully saturated rings. The molecule has 0 aromatic carbocycles. The van der Waals surface area contributed by atoms with E-state index in [1.807, 2.05) is 35.9 Å². The number of pyridine rings is 1. The Kier molecular flexibility index (Phi) is 5.36. The smallest absolute Gasteiger partial charge is 0.277 e. The normalized spacial score (nSPS) is 11.8. The fourth-order valence-corrected chi connectivity index (χ4v) is 2.56. The highest BCUT2D eigenvalue weighted by Gasteiger charge is 2.26. The number of carbonyl (C=O) groups is 1. The molecule has 0 saturated carbocycles. The predicted molar refractivity (Wildman–Crippen MR) is 83.1 cm³/mol. The molecule has 0 aliphatic rings. The highest BCUT2D eigenvalue weighted by molar-refractivity contribution is 7.99. The average Bonchev–Trinajstić information content (AvgIpc) is 2.87. The van der Waals surface area contributed by atoms with Crippen molar-refractivity contribution >= 4 is 23.3 Å². The zero-order valence-corrected chi connectivity index (χ0v) is 13.0.